The van der Waals surface area contributed by atoms with Gasteiger partial charge in [0.1, 0.15) is 20.2 Å². The first-order chi connectivity index (χ1) is 12.9. The smallest absolute Gasteiger partial charge is 0.235 e. The molecule has 0 saturated carbocycles. The second-order valence-electron chi connectivity index (χ2n) is 5.37. The second kappa shape index (κ2) is 14.8. The molecule has 4 amide bonds. The van der Waals surface area contributed by atoms with Gasteiger partial charge in [-0.15, -0.1) is 0 Å². The lowest BCUT2D eigenvalue weighted by atomic mass is 10.3. The summed E-state index contributed by atoms with van der Waals surface area (Å²) in [6.45, 7) is -2.05. The minimum Gasteiger partial charge on any atom is -0.377 e. The topological polar surface area (TPSA) is 184 Å². The molecule has 0 heterocycles. The minimum atomic E-state index is -0.556. The van der Waals surface area contributed by atoms with Crippen molar-refractivity contribution < 1.29 is 34.5 Å². The van der Waals surface area contributed by atoms with E-state index in [-0.39, 0.29) is 45.2 Å². The first kappa shape index (κ1) is 24.7. The Morgan fingerprint density at radius 3 is 1.19 bits per heavy atom. The Balaban J connectivity index is 4.90. The van der Waals surface area contributed by atoms with Crippen molar-refractivity contribution in [2.45, 2.75) is 0 Å². The predicted molar refractivity (Wildman–Crippen MR) is 92.6 cm³/mol. The molecule has 0 aliphatic carbocycles. The largest absolute Gasteiger partial charge is 0.377 e. The van der Waals surface area contributed by atoms with Gasteiger partial charge in [-0.1, -0.05) is 0 Å². The number of hydrogen-bond donors (Lipinski definition) is 7. The second-order valence-corrected chi connectivity index (χ2v) is 5.37. The molecule has 0 aromatic rings. The van der Waals surface area contributed by atoms with Crippen molar-refractivity contribution in [3.05, 3.63) is 0 Å². The Kier molecular flexibility index (Phi) is 13.5. The third kappa shape index (κ3) is 12.6. The molecule has 0 fully saturated rings. The van der Waals surface area contributed by atoms with Crippen LogP contribution in [0, 0.1) is 0 Å². The zero-order chi connectivity index (χ0) is 20.7. The van der Waals surface area contributed by atoms with E-state index in [0.29, 0.717) is 0 Å². The van der Waals surface area contributed by atoms with Crippen LogP contribution in [0.2, 0.25) is 0 Å². The van der Waals surface area contributed by atoms with Crippen molar-refractivity contribution in [2.24, 2.45) is 0 Å². The van der Waals surface area contributed by atoms with E-state index in [1.54, 1.807) is 0 Å². The van der Waals surface area contributed by atoms with E-state index in [9.17, 15) is 19.2 Å². The summed E-state index contributed by atoms with van der Waals surface area (Å²) in [5, 5.41) is 35.2. The van der Waals surface area contributed by atoms with Crippen molar-refractivity contribution in [3.8, 4) is 0 Å². The average molecular weight is 392 g/mol. The summed E-state index contributed by atoms with van der Waals surface area (Å²) in [4.78, 5) is 49.5. The normalized spacial score (nSPS) is 10.6. The molecule has 0 aliphatic heterocycles. The van der Waals surface area contributed by atoms with Crippen LogP contribution in [0.15, 0.2) is 0 Å². The van der Waals surface area contributed by atoms with Crippen LogP contribution in [0.4, 0.5) is 0 Å². The molecule has 0 aromatic carbocycles. The summed E-state index contributed by atoms with van der Waals surface area (Å²) in [5.74, 6) is -1.88. The van der Waals surface area contributed by atoms with Crippen LogP contribution in [0.3, 0.4) is 0 Å². The molecule has 0 saturated heterocycles. The first-order valence-corrected chi connectivity index (χ1v) is 8.14. The van der Waals surface area contributed by atoms with Crippen LogP contribution in [0.5, 0.6) is 0 Å². The number of aliphatic hydroxyl groups excluding tert-OH is 3. The Morgan fingerprint density at radius 1 is 0.630 bits per heavy atom. The summed E-state index contributed by atoms with van der Waals surface area (Å²) in [5.41, 5.74) is 0. The summed E-state index contributed by atoms with van der Waals surface area (Å²) in [6.07, 6.45) is 0. The van der Waals surface area contributed by atoms with Gasteiger partial charge in [-0.25, -0.2) is 0 Å². The highest BCUT2D eigenvalue weighted by Crippen LogP contribution is 1.94. The van der Waals surface area contributed by atoms with Crippen molar-refractivity contribution in [3.63, 3.8) is 0 Å². The third-order valence-corrected chi connectivity index (χ3v) is 3.31. The van der Waals surface area contributed by atoms with E-state index in [1.807, 2.05) is 0 Å². The van der Waals surface area contributed by atoms with Gasteiger partial charge in [0.25, 0.3) is 0 Å². The van der Waals surface area contributed by atoms with E-state index < -0.39 is 37.9 Å². The summed E-state index contributed by atoms with van der Waals surface area (Å²) >= 11 is 0. The van der Waals surface area contributed by atoms with Crippen LogP contribution in [-0.2, 0) is 19.2 Å². The van der Waals surface area contributed by atoms with Crippen molar-refractivity contribution in [2.75, 3.05) is 66.5 Å². The molecule has 0 aliphatic rings. The highest BCUT2D eigenvalue weighted by Gasteiger charge is 2.18. The van der Waals surface area contributed by atoms with Gasteiger partial charge < -0.3 is 36.6 Å². The molecule has 0 aromatic heterocycles. The number of amides is 4. The lowest BCUT2D eigenvalue weighted by Crippen LogP contribution is -2.48. The molecule has 156 valence electrons. The quantitative estimate of drug-likeness (QED) is 0.142. The number of carbonyl (C=O) groups is 4. The highest BCUT2D eigenvalue weighted by molar-refractivity contribution is 5.81. The Hall–Kier alpha value is -2.32. The number of rotatable bonds is 14. The number of nitrogens with zero attached hydrogens (tertiary/aromatic N) is 2. The molecule has 0 spiro atoms. The van der Waals surface area contributed by atoms with Crippen LogP contribution >= 0.6 is 0 Å². The maximum Gasteiger partial charge on any atom is 0.235 e. The van der Waals surface area contributed by atoms with E-state index >= 15 is 0 Å². The van der Waals surface area contributed by atoms with Crippen LogP contribution in [-0.4, -0.2) is 115 Å². The molecule has 0 rings (SSSR count). The standard InChI is InChI=1S/C14H28N6O7/c1-15-11(24)4-19(5-12(25)16-8-21)2-3-20(6-13(26)17-9-22)7-14(27)18-10-23/h21-23H,2-10H2,1H3,(H,15,24)(H,16,25)(H,17,26)(H,18,27). The number of aliphatic hydroxyl groups is 3. The predicted octanol–water partition coefficient (Wildman–Crippen LogP) is -5.47. The highest BCUT2D eigenvalue weighted by atomic mass is 16.3. The zero-order valence-corrected chi connectivity index (χ0v) is 15.2. The SMILES string of the molecule is CNC(=O)CN(CCN(CC(=O)NCO)CC(=O)NCO)CC(=O)NCO. The van der Waals surface area contributed by atoms with Gasteiger partial charge in [-0.3, -0.25) is 29.0 Å². The van der Waals surface area contributed by atoms with Crippen molar-refractivity contribution in [1.29, 1.82) is 0 Å². The molecule has 13 nitrogen and oxygen atoms in total. The average Bonchev–Trinajstić information content (AvgIpc) is 2.59. The fraction of sp³-hybridized carbons (Fsp3) is 0.714. The maximum atomic E-state index is 11.7. The van der Waals surface area contributed by atoms with Crippen LogP contribution < -0.4 is 21.3 Å². The molecule has 0 unspecified atom stereocenters. The molecule has 0 atom stereocenters. The van der Waals surface area contributed by atoms with E-state index in [4.69, 9.17) is 15.3 Å². The van der Waals surface area contributed by atoms with Gasteiger partial charge in [0.15, 0.2) is 0 Å². The lowest BCUT2D eigenvalue weighted by molar-refractivity contribution is -0.129. The van der Waals surface area contributed by atoms with E-state index in [0.717, 1.165) is 0 Å². The third-order valence-electron chi connectivity index (χ3n) is 3.31. The number of likely N-dealkylation sites (N-methyl/N-ethyl adjacent to an activating group) is 1. The van der Waals surface area contributed by atoms with Gasteiger partial charge in [-0.2, -0.15) is 0 Å². The van der Waals surface area contributed by atoms with Gasteiger partial charge in [-0.05, 0) is 0 Å². The van der Waals surface area contributed by atoms with Crippen molar-refractivity contribution >= 4 is 23.6 Å². The van der Waals surface area contributed by atoms with E-state index in [1.165, 1.54) is 16.8 Å². The zero-order valence-electron chi connectivity index (χ0n) is 15.2. The Labute approximate surface area is 156 Å². The molecule has 27 heavy (non-hydrogen) atoms. The summed E-state index contributed by atoms with van der Waals surface area (Å²) in [6, 6.07) is 0. The van der Waals surface area contributed by atoms with Gasteiger partial charge in [0, 0.05) is 20.1 Å². The fourth-order valence-corrected chi connectivity index (χ4v) is 2.03. The number of hydrogen-bond acceptors (Lipinski definition) is 9. The van der Waals surface area contributed by atoms with Crippen LogP contribution in [0.1, 0.15) is 0 Å². The molecule has 0 radical (unpaired) electrons. The number of nitrogens with one attached hydrogen (secondary N) is 4. The monoisotopic (exact) mass is 392 g/mol. The lowest BCUT2D eigenvalue weighted by Gasteiger charge is -2.26. The van der Waals surface area contributed by atoms with Crippen LogP contribution in [0.25, 0.3) is 0 Å². The molecular formula is C14H28N6O7. The number of carbonyl (C=O) groups excluding carboxylic acids is 4. The van der Waals surface area contributed by atoms with Gasteiger partial charge >= 0.3 is 0 Å². The Morgan fingerprint density at radius 2 is 0.926 bits per heavy atom. The molecular weight excluding hydrogens is 364 g/mol. The van der Waals surface area contributed by atoms with Gasteiger partial charge in [0.2, 0.25) is 23.6 Å². The molecule has 7 N–H and O–H groups in total. The summed E-state index contributed by atoms with van der Waals surface area (Å²) < 4.78 is 0. The Bertz CT molecular complexity index is 471. The summed E-state index contributed by atoms with van der Waals surface area (Å²) in [7, 11) is 1.44. The molecule has 13 heteroatoms. The molecule has 0 bridgehead atoms. The minimum absolute atomic E-state index is 0.102. The van der Waals surface area contributed by atoms with E-state index in [2.05, 4.69) is 21.3 Å². The maximum absolute atomic E-state index is 11.7. The first-order valence-electron chi connectivity index (χ1n) is 8.14. The fourth-order valence-electron chi connectivity index (χ4n) is 2.03. The van der Waals surface area contributed by atoms with Crippen molar-refractivity contribution in [1.82, 2.24) is 31.1 Å². The van der Waals surface area contributed by atoms with Gasteiger partial charge in [0.05, 0.1) is 26.2 Å².